The molecule has 0 amide bonds. The Morgan fingerprint density at radius 3 is 1.89 bits per heavy atom. The second kappa shape index (κ2) is 4.30. The molecule has 1 rings (SSSR count). The van der Waals surface area contributed by atoms with Crippen LogP contribution in [0.25, 0.3) is 5.73 Å². The molecule has 0 saturated heterocycles. The number of aryl methyl sites for hydroxylation is 1. The van der Waals surface area contributed by atoms with Crippen LogP contribution in [0.15, 0.2) is 24.3 Å². The summed E-state index contributed by atoms with van der Waals surface area (Å²) < 4.78 is 0. The van der Waals surface area contributed by atoms with Crippen LogP contribution in [0.5, 0.6) is 0 Å². The summed E-state index contributed by atoms with van der Waals surface area (Å²) in [6.45, 7) is 2.01. The van der Waals surface area contributed by atoms with Gasteiger partial charge < -0.3 is 5.73 Å². The third-order valence-electron chi connectivity index (χ3n) is 1.05. The van der Waals surface area contributed by atoms with Gasteiger partial charge in [-0.15, -0.1) is 5.69 Å². The largest absolute Gasteiger partial charge is 0.699 e. The summed E-state index contributed by atoms with van der Waals surface area (Å²) in [5, 5.41) is 0. The van der Waals surface area contributed by atoms with Crippen molar-refractivity contribution < 1.29 is 44.1 Å². The van der Waals surface area contributed by atoms with Gasteiger partial charge in [0.1, 0.15) is 0 Å². The first-order valence-electron chi connectivity index (χ1n) is 2.57. The molecule has 0 saturated carbocycles. The van der Waals surface area contributed by atoms with E-state index >= 15 is 0 Å². The summed E-state index contributed by atoms with van der Waals surface area (Å²) in [7, 11) is 0. The van der Waals surface area contributed by atoms with E-state index < -0.39 is 0 Å². The molecule has 45 valence electrons. The number of hydrogen-bond acceptors (Lipinski definition) is 0. The molecule has 2 heteroatoms. The topological polar surface area (TPSA) is 23.8 Å². The first kappa shape index (κ1) is 9.46. The Bertz CT molecular complexity index is 148. The van der Waals surface area contributed by atoms with Crippen molar-refractivity contribution in [1.82, 2.24) is 0 Å². The van der Waals surface area contributed by atoms with E-state index in [-0.39, 0.29) is 44.1 Å². The van der Waals surface area contributed by atoms with Gasteiger partial charge in [0.2, 0.25) is 0 Å². The van der Waals surface area contributed by atoms with E-state index in [1.807, 2.05) is 19.1 Å². The van der Waals surface area contributed by atoms with Crippen molar-refractivity contribution in [2.24, 2.45) is 0 Å². The Hall–Kier alpha value is 0.462. The van der Waals surface area contributed by atoms with Crippen molar-refractivity contribution >= 4 is 5.69 Å². The second-order valence-corrected chi connectivity index (χ2v) is 1.87. The molecule has 0 bridgehead atoms. The van der Waals surface area contributed by atoms with Gasteiger partial charge in [0.05, 0.1) is 0 Å². The Morgan fingerprint density at radius 1 is 1.11 bits per heavy atom. The van der Waals surface area contributed by atoms with Crippen molar-refractivity contribution in [1.29, 1.82) is 0 Å². The smallest absolute Gasteiger partial charge is 0 e. The molecule has 0 heterocycles. The van der Waals surface area contributed by atoms with Gasteiger partial charge in [-0.25, -0.2) is 0 Å². The standard InChI is InChI=1S/C7H8N.Ac/c1-6-2-4-7(8)5-3-6;/h2-5,8H,1H3;/q-1;. The zero-order valence-corrected chi connectivity index (χ0v) is 10.1. The van der Waals surface area contributed by atoms with Crippen LogP contribution >= 0.6 is 0 Å². The van der Waals surface area contributed by atoms with Crippen LogP contribution in [0.1, 0.15) is 5.56 Å². The Morgan fingerprint density at radius 2 is 1.56 bits per heavy atom. The minimum atomic E-state index is 0. The SMILES string of the molecule is Cc1ccc([NH-])cc1.[Ac]. The molecule has 0 aliphatic carbocycles. The molecule has 1 aromatic rings. The molecule has 0 aliphatic heterocycles. The molecular formula is C7H8AcN-. The molecule has 1 radical (unpaired) electrons. The van der Waals surface area contributed by atoms with Crippen molar-refractivity contribution in [3.05, 3.63) is 35.6 Å². The van der Waals surface area contributed by atoms with E-state index in [9.17, 15) is 0 Å². The maximum atomic E-state index is 7.09. The van der Waals surface area contributed by atoms with Crippen LogP contribution in [0.3, 0.4) is 0 Å². The van der Waals surface area contributed by atoms with Gasteiger partial charge in [0.25, 0.3) is 0 Å². The van der Waals surface area contributed by atoms with Crippen molar-refractivity contribution in [2.75, 3.05) is 0 Å². The fraction of sp³-hybridized carbons (Fsp3) is 0.143. The van der Waals surface area contributed by atoms with Crippen LogP contribution in [0.4, 0.5) is 5.69 Å². The molecule has 0 unspecified atom stereocenters. The van der Waals surface area contributed by atoms with E-state index in [1.165, 1.54) is 5.56 Å². The predicted octanol–water partition coefficient (Wildman–Crippen LogP) is 2.68. The summed E-state index contributed by atoms with van der Waals surface area (Å²) >= 11 is 0. The summed E-state index contributed by atoms with van der Waals surface area (Å²) in [6, 6.07) is 7.44. The predicted molar refractivity (Wildman–Crippen MR) is 35.2 cm³/mol. The van der Waals surface area contributed by atoms with Crippen molar-refractivity contribution in [2.45, 2.75) is 6.92 Å². The third-order valence-corrected chi connectivity index (χ3v) is 1.05. The van der Waals surface area contributed by atoms with Crippen LogP contribution in [0.2, 0.25) is 0 Å². The maximum Gasteiger partial charge on any atom is 0 e. The van der Waals surface area contributed by atoms with Crippen LogP contribution in [-0.2, 0) is 0 Å². The average Bonchev–Trinajstić information content (AvgIpc) is 1.77. The molecule has 1 aromatic carbocycles. The van der Waals surface area contributed by atoms with Gasteiger partial charge in [-0.05, 0) is 6.92 Å². The van der Waals surface area contributed by atoms with Gasteiger partial charge in [-0.1, -0.05) is 29.8 Å². The van der Waals surface area contributed by atoms with E-state index in [4.69, 9.17) is 5.73 Å². The fourth-order valence-corrected chi connectivity index (χ4v) is 0.554. The third kappa shape index (κ3) is 3.23. The number of nitrogens with one attached hydrogen (secondary N) is 1. The summed E-state index contributed by atoms with van der Waals surface area (Å²) in [5.41, 5.74) is 8.88. The monoisotopic (exact) mass is 333 g/mol. The van der Waals surface area contributed by atoms with E-state index in [2.05, 4.69) is 0 Å². The molecular weight excluding hydrogens is 325 g/mol. The number of rotatable bonds is 0. The maximum absolute atomic E-state index is 7.09. The normalized spacial score (nSPS) is 8.11. The molecule has 0 aromatic heterocycles. The van der Waals surface area contributed by atoms with Gasteiger partial charge in [-0.2, -0.15) is 0 Å². The molecule has 0 fully saturated rings. The molecule has 0 atom stereocenters. The van der Waals surface area contributed by atoms with Gasteiger partial charge in [0.15, 0.2) is 0 Å². The fourth-order valence-electron chi connectivity index (χ4n) is 0.554. The minimum Gasteiger partial charge on any atom is -0.699 e. The first-order chi connectivity index (χ1) is 3.79. The van der Waals surface area contributed by atoms with E-state index in [1.54, 1.807) is 12.1 Å². The zero-order valence-electron chi connectivity index (χ0n) is 5.39. The van der Waals surface area contributed by atoms with Gasteiger partial charge >= 0.3 is 0 Å². The minimum absolute atomic E-state index is 0. The van der Waals surface area contributed by atoms with Crippen LogP contribution in [0, 0.1) is 51.0 Å². The van der Waals surface area contributed by atoms with Crippen molar-refractivity contribution in [3.63, 3.8) is 0 Å². The van der Waals surface area contributed by atoms with Crippen LogP contribution in [-0.4, -0.2) is 0 Å². The number of hydrogen-bond donors (Lipinski definition) is 0. The number of benzene rings is 1. The summed E-state index contributed by atoms with van der Waals surface area (Å²) in [4.78, 5) is 0. The van der Waals surface area contributed by atoms with E-state index in [0.29, 0.717) is 5.69 Å². The van der Waals surface area contributed by atoms with E-state index in [0.717, 1.165) is 0 Å². The summed E-state index contributed by atoms with van der Waals surface area (Å²) in [6.07, 6.45) is 0. The molecule has 0 aliphatic rings. The molecule has 9 heavy (non-hydrogen) atoms. The van der Waals surface area contributed by atoms with Crippen molar-refractivity contribution in [3.8, 4) is 0 Å². The Labute approximate surface area is 91.2 Å². The zero-order chi connectivity index (χ0) is 5.98. The van der Waals surface area contributed by atoms with Gasteiger partial charge in [0, 0.05) is 44.1 Å². The second-order valence-electron chi connectivity index (χ2n) is 1.87. The summed E-state index contributed by atoms with van der Waals surface area (Å²) in [5.74, 6) is 0. The average molecular weight is 333 g/mol. The van der Waals surface area contributed by atoms with Crippen LogP contribution < -0.4 is 0 Å². The molecule has 1 N–H and O–H groups in total. The molecule has 1 nitrogen and oxygen atoms in total. The van der Waals surface area contributed by atoms with Gasteiger partial charge in [-0.3, -0.25) is 0 Å². The Balaban J connectivity index is 0.000000640. The molecule has 0 spiro atoms. The quantitative estimate of drug-likeness (QED) is 0.697. The first-order valence-corrected chi connectivity index (χ1v) is 2.57. The Kier molecular flexibility index (Phi) is 4.53.